The number of nitrogen functional groups attached to an aromatic ring is 1. The lowest BCUT2D eigenvalue weighted by Crippen LogP contribution is -2.43. The topological polar surface area (TPSA) is 139 Å². The molecule has 3 N–H and O–H groups in total. The molecule has 2 aromatic carbocycles. The zero-order chi connectivity index (χ0) is 27.2. The number of anilines is 1. The highest BCUT2D eigenvalue weighted by Gasteiger charge is 2.21. The van der Waals surface area contributed by atoms with Gasteiger partial charge in [0, 0.05) is 17.2 Å². The Morgan fingerprint density at radius 3 is 2.66 bits per heavy atom. The Kier molecular flexibility index (Phi) is 9.12. The third kappa shape index (κ3) is 6.76. The van der Waals surface area contributed by atoms with Crippen LogP contribution in [0.1, 0.15) is 23.2 Å². The van der Waals surface area contributed by atoms with Crippen LogP contribution in [-0.2, 0) is 0 Å². The Bertz CT molecular complexity index is 1380. The van der Waals surface area contributed by atoms with Gasteiger partial charge in [-0.1, -0.05) is 23.2 Å². The Morgan fingerprint density at radius 2 is 1.95 bits per heavy atom. The SMILES string of the molecule is COc1cc(C(=O)NC2CCN(C)CC2)ccc1Sc1nc(N)nc(-c2cc(OCC#N)c(Cl)cc2Cl)n1. The van der Waals surface area contributed by atoms with Crippen molar-refractivity contribution >= 4 is 46.8 Å². The molecule has 1 saturated heterocycles. The van der Waals surface area contributed by atoms with E-state index in [0.717, 1.165) is 25.9 Å². The first-order valence-electron chi connectivity index (χ1n) is 11.6. The second-order valence-electron chi connectivity index (χ2n) is 8.53. The highest BCUT2D eigenvalue weighted by Crippen LogP contribution is 2.38. The summed E-state index contributed by atoms with van der Waals surface area (Å²) in [6.45, 7) is 1.72. The van der Waals surface area contributed by atoms with E-state index in [-0.39, 0.29) is 46.1 Å². The van der Waals surface area contributed by atoms with Crippen LogP contribution in [0.4, 0.5) is 5.95 Å². The highest BCUT2D eigenvalue weighted by molar-refractivity contribution is 7.99. The number of benzene rings is 2. The molecule has 0 unspecified atom stereocenters. The number of rotatable bonds is 8. The number of piperidine rings is 1. The first kappa shape index (κ1) is 27.7. The molecule has 2 heterocycles. The molecule has 1 fully saturated rings. The predicted molar refractivity (Wildman–Crippen MR) is 146 cm³/mol. The van der Waals surface area contributed by atoms with Crippen molar-refractivity contribution in [1.29, 1.82) is 5.26 Å². The minimum atomic E-state index is -0.187. The third-order valence-electron chi connectivity index (χ3n) is 5.87. The lowest BCUT2D eigenvalue weighted by Gasteiger charge is -2.29. The fourth-order valence-electron chi connectivity index (χ4n) is 3.87. The van der Waals surface area contributed by atoms with Crippen LogP contribution in [0.25, 0.3) is 11.4 Å². The lowest BCUT2D eigenvalue weighted by molar-refractivity contribution is 0.0916. The van der Waals surface area contributed by atoms with Gasteiger partial charge in [0.15, 0.2) is 17.6 Å². The molecule has 0 bridgehead atoms. The summed E-state index contributed by atoms with van der Waals surface area (Å²) in [5, 5.41) is 12.7. The molecular formula is C25H25Cl2N7O3S. The molecule has 0 spiro atoms. The second kappa shape index (κ2) is 12.5. The number of hydrogen-bond acceptors (Lipinski definition) is 10. The first-order valence-corrected chi connectivity index (χ1v) is 13.2. The largest absolute Gasteiger partial charge is 0.496 e. The predicted octanol–water partition coefficient (Wildman–Crippen LogP) is 4.31. The van der Waals surface area contributed by atoms with E-state index < -0.39 is 0 Å². The Labute approximate surface area is 234 Å². The van der Waals surface area contributed by atoms with E-state index >= 15 is 0 Å². The maximum absolute atomic E-state index is 12.8. The Hall–Kier alpha value is -3.30. The molecule has 198 valence electrons. The maximum atomic E-state index is 12.8. The summed E-state index contributed by atoms with van der Waals surface area (Å²) < 4.78 is 10.9. The molecule has 1 aliphatic rings. The van der Waals surface area contributed by atoms with Crippen LogP contribution >= 0.6 is 35.0 Å². The summed E-state index contributed by atoms with van der Waals surface area (Å²) in [6.07, 6.45) is 1.83. The number of carbonyl (C=O) groups excluding carboxylic acids is 1. The van der Waals surface area contributed by atoms with Gasteiger partial charge in [-0.15, -0.1) is 0 Å². The van der Waals surface area contributed by atoms with Crippen LogP contribution in [0.3, 0.4) is 0 Å². The van der Waals surface area contributed by atoms with Gasteiger partial charge in [0.05, 0.1) is 22.1 Å². The monoisotopic (exact) mass is 573 g/mol. The molecule has 3 aromatic rings. The van der Waals surface area contributed by atoms with Crippen molar-refractivity contribution < 1.29 is 14.3 Å². The average Bonchev–Trinajstić information content (AvgIpc) is 2.89. The van der Waals surface area contributed by atoms with Gasteiger partial charge < -0.3 is 25.4 Å². The van der Waals surface area contributed by atoms with E-state index in [1.807, 2.05) is 6.07 Å². The molecule has 1 aliphatic heterocycles. The number of methoxy groups -OCH3 is 1. The van der Waals surface area contributed by atoms with Crippen molar-refractivity contribution in [3.63, 3.8) is 0 Å². The normalized spacial score (nSPS) is 14.1. The summed E-state index contributed by atoms with van der Waals surface area (Å²) in [5.41, 5.74) is 6.88. The Morgan fingerprint density at radius 1 is 1.18 bits per heavy atom. The molecule has 0 atom stereocenters. The number of amides is 1. The van der Waals surface area contributed by atoms with Gasteiger partial charge in [0.1, 0.15) is 17.6 Å². The number of hydrogen-bond donors (Lipinski definition) is 2. The molecular weight excluding hydrogens is 549 g/mol. The van der Waals surface area contributed by atoms with Crippen LogP contribution in [0.15, 0.2) is 40.4 Å². The molecule has 0 aliphatic carbocycles. The second-order valence-corrected chi connectivity index (χ2v) is 10.4. The summed E-state index contributed by atoms with van der Waals surface area (Å²) >= 11 is 13.8. The molecule has 10 nitrogen and oxygen atoms in total. The van der Waals surface area contributed by atoms with E-state index in [4.69, 9.17) is 43.7 Å². The first-order chi connectivity index (χ1) is 18.3. The number of carbonyl (C=O) groups is 1. The van der Waals surface area contributed by atoms with Gasteiger partial charge >= 0.3 is 0 Å². The molecule has 4 rings (SSSR count). The molecule has 1 amide bonds. The number of nitrogens with one attached hydrogen (secondary N) is 1. The fraction of sp³-hybridized carbons (Fsp3) is 0.320. The third-order valence-corrected chi connectivity index (χ3v) is 7.40. The molecule has 38 heavy (non-hydrogen) atoms. The van der Waals surface area contributed by atoms with Crippen LogP contribution < -0.4 is 20.5 Å². The van der Waals surface area contributed by atoms with E-state index in [0.29, 0.717) is 26.9 Å². The number of ether oxygens (including phenoxy) is 2. The van der Waals surface area contributed by atoms with Crippen molar-refractivity contribution in [2.45, 2.75) is 28.9 Å². The fourth-order valence-corrected chi connectivity index (χ4v) is 5.24. The van der Waals surface area contributed by atoms with E-state index in [9.17, 15) is 4.79 Å². The van der Waals surface area contributed by atoms with Gasteiger partial charge in [-0.05, 0) is 75.1 Å². The van der Waals surface area contributed by atoms with Gasteiger partial charge in [0.2, 0.25) is 5.95 Å². The smallest absolute Gasteiger partial charge is 0.251 e. The number of likely N-dealkylation sites (tertiary alicyclic amines) is 1. The number of nitriles is 1. The van der Waals surface area contributed by atoms with Crippen LogP contribution in [0, 0.1) is 11.3 Å². The van der Waals surface area contributed by atoms with Gasteiger partial charge in [0.25, 0.3) is 5.91 Å². The highest BCUT2D eigenvalue weighted by atomic mass is 35.5. The number of nitrogens with zero attached hydrogens (tertiary/aromatic N) is 5. The van der Waals surface area contributed by atoms with E-state index in [1.165, 1.54) is 24.9 Å². The standard InChI is InChI=1S/C25H25Cl2N7O3S/c1-34-8-5-15(6-9-34)30-23(35)14-3-4-21(20(11-14)36-2)38-25-32-22(31-24(29)33-25)16-12-19(37-10-7-28)18(27)13-17(16)26/h3-4,11-13,15H,5-6,8-10H2,1-2H3,(H,30,35)(H2,29,31,32,33). The van der Waals surface area contributed by atoms with Crippen molar-refractivity contribution in [3.05, 3.63) is 45.9 Å². The molecule has 0 radical (unpaired) electrons. The summed E-state index contributed by atoms with van der Waals surface area (Å²) in [6, 6.07) is 10.3. The van der Waals surface area contributed by atoms with Crippen molar-refractivity contribution in [2.24, 2.45) is 0 Å². The van der Waals surface area contributed by atoms with Crippen LogP contribution in [-0.4, -0.2) is 65.7 Å². The zero-order valence-corrected chi connectivity index (χ0v) is 23.0. The number of halogens is 2. The van der Waals surface area contributed by atoms with Gasteiger partial charge in [-0.2, -0.15) is 15.2 Å². The quantitative estimate of drug-likeness (QED) is 0.400. The summed E-state index contributed by atoms with van der Waals surface area (Å²) in [7, 11) is 3.61. The molecule has 1 aromatic heterocycles. The van der Waals surface area contributed by atoms with Crippen LogP contribution in [0.2, 0.25) is 10.0 Å². The van der Waals surface area contributed by atoms with Crippen molar-refractivity contribution in [3.8, 4) is 29.0 Å². The van der Waals surface area contributed by atoms with E-state index in [1.54, 1.807) is 24.3 Å². The number of nitrogens with two attached hydrogens (primary N) is 1. The minimum Gasteiger partial charge on any atom is -0.496 e. The molecule has 0 saturated carbocycles. The van der Waals surface area contributed by atoms with Crippen LogP contribution in [0.5, 0.6) is 11.5 Å². The Balaban J connectivity index is 1.56. The number of aromatic nitrogens is 3. The summed E-state index contributed by atoms with van der Waals surface area (Å²) in [4.78, 5) is 28.7. The van der Waals surface area contributed by atoms with Crippen molar-refractivity contribution in [1.82, 2.24) is 25.2 Å². The van der Waals surface area contributed by atoms with Gasteiger partial charge in [-0.25, -0.2) is 4.98 Å². The van der Waals surface area contributed by atoms with E-state index in [2.05, 4.69) is 32.2 Å². The zero-order valence-electron chi connectivity index (χ0n) is 20.7. The van der Waals surface area contributed by atoms with Gasteiger partial charge in [-0.3, -0.25) is 4.79 Å². The van der Waals surface area contributed by atoms with Crippen molar-refractivity contribution in [2.75, 3.05) is 39.6 Å². The maximum Gasteiger partial charge on any atom is 0.251 e. The molecule has 13 heteroatoms. The summed E-state index contributed by atoms with van der Waals surface area (Å²) in [5.74, 6) is 0.792. The minimum absolute atomic E-state index is 0.0175. The lowest BCUT2D eigenvalue weighted by atomic mass is 10.0. The average molecular weight is 574 g/mol.